The number of para-hydroxylation sites is 3. The second-order valence-corrected chi connectivity index (χ2v) is 11.6. The Kier molecular flexibility index (Phi) is 6.30. The van der Waals surface area contributed by atoms with Crippen LogP contribution in [0.25, 0.3) is 72.0 Å². The molecule has 4 heterocycles. The minimum Gasteiger partial charge on any atom is -0.342 e. The van der Waals surface area contributed by atoms with Crippen LogP contribution in [0.5, 0.6) is 0 Å². The number of imidazole rings is 1. The van der Waals surface area contributed by atoms with Gasteiger partial charge in [-0.15, -0.1) is 12.1 Å². The summed E-state index contributed by atoms with van der Waals surface area (Å²) in [7, 11) is 2.03. The van der Waals surface area contributed by atoms with Crippen LogP contribution in [-0.2, 0) is 28.1 Å². The van der Waals surface area contributed by atoms with Crippen molar-refractivity contribution in [3.05, 3.63) is 139 Å². The summed E-state index contributed by atoms with van der Waals surface area (Å²) in [6, 6.07) is 45.5. The van der Waals surface area contributed by atoms with Crippen molar-refractivity contribution in [2.24, 2.45) is 7.05 Å². The summed E-state index contributed by atoms with van der Waals surface area (Å²) in [6.45, 7) is 4.29. The monoisotopic (exact) mass is 760 g/mol. The second kappa shape index (κ2) is 10.3. The molecule has 6 heteroatoms. The molecule has 0 saturated heterocycles. The first-order valence-electron chi connectivity index (χ1n) is 14.8. The van der Waals surface area contributed by atoms with Crippen molar-refractivity contribution < 1.29 is 25.6 Å². The van der Waals surface area contributed by atoms with Crippen LogP contribution in [0.2, 0.25) is 0 Å². The minimum absolute atomic E-state index is 0. The van der Waals surface area contributed by atoms with Gasteiger partial charge >= 0.3 is 0 Å². The maximum absolute atomic E-state index is 5.49. The number of nitrogens with zero attached hydrogens (tertiary/aromatic N) is 5. The Balaban J connectivity index is 0.00000300. The number of fused-ring (bicyclic) bond motifs is 7. The molecule has 5 aromatic carbocycles. The summed E-state index contributed by atoms with van der Waals surface area (Å²) in [5, 5.41) is 4.62. The topological polar surface area (TPSA) is 31.6 Å². The smallest absolute Gasteiger partial charge is 0.242 e. The van der Waals surface area contributed by atoms with E-state index in [0.717, 1.165) is 61.2 Å². The minimum atomic E-state index is 0. The van der Waals surface area contributed by atoms with E-state index in [1.807, 2.05) is 23.7 Å². The van der Waals surface area contributed by atoms with Crippen molar-refractivity contribution in [1.29, 1.82) is 0 Å². The van der Waals surface area contributed by atoms with Crippen molar-refractivity contribution in [1.82, 2.24) is 18.7 Å². The molecule has 0 amide bonds. The van der Waals surface area contributed by atoms with Crippen molar-refractivity contribution in [2.75, 3.05) is 0 Å². The number of hydrogen-bond acceptors (Lipinski definition) is 1. The SMILES string of the molecule is Cc1ccc2c(c1)c1cc3c4cc(C)ccc4n(-c4[c-]c(-n5[c-][n+](C)c6ccccc65)ccc4)c3nc1n2-c1[c-]cccc1.[Pt]. The summed E-state index contributed by atoms with van der Waals surface area (Å²) < 4.78 is 8.59. The number of hydrogen-bond donors (Lipinski definition) is 0. The van der Waals surface area contributed by atoms with Gasteiger partial charge in [0.15, 0.2) is 0 Å². The van der Waals surface area contributed by atoms with E-state index >= 15 is 0 Å². The van der Waals surface area contributed by atoms with E-state index in [-0.39, 0.29) is 21.1 Å². The van der Waals surface area contributed by atoms with Gasteiger partial charge in [0, 0.05) is 42.6 Å². The fourth-order valence-electron chi connectivity index (χ4n) is 6.68. The van der Waals surface area contributed by atoms with Crippen molar-refractivity contribution in [2.45, 2.75) is 13.8 Å². The fraction of sp³-hybridized carbons (Fsp3) is 0.0769. The number of aryl methyl sites for hydroxylation is 3. The summed E-state index contributed by atoms with van der Waals surface area (Å²) in [5.41, 5.74) is 11.5. The fourth-order valence-corrected chi connectivity index (χ4v) is 6.68. The second-order valence-electron chi connectivity index (χ2n) is 11.6. The third-order valence-corrected chi connectivity index (χ3v) is 8.69. The maximum Gasteiger partial charge on any atom is 0.242 e. The summed E-state index contributed by atoms with van der Waals surface area (Å²) in [4.78, 5) is 5.49. The normalized spacial score (nSPS) is 11.7. The first-order valence-corrected chi connectivity index (χ1v) is 14.8. The quantitative estimate of drug-likeness (QED) is 0.133. The van der Waals surface area contributed by atoms with Gasteiger partial charge in [-0.1, -0.05) is 64.6 Å². The Morgan fingerprint density at radius 3 is 1.91 bits per heavy atom. The van der Waals surface area contributed by atoms with Gasteiger partial charge in [0.2, 0.25) is 6.33 Å². The molecular weight excluding hydrogens is 734 g/mol. The predicted octanol–water partition coefficient (Wildman–Crippen LogP) is 8.06. The zero-order valence-electron chi connectivity index (χ0n) is 24.9. The van der Waals surface area contributed by atoms with Crippen molar-refractivity contribution in [3.63, 3.8) is 0 Å². The number of aromatic nitrogens is 5. The standard InChI is InChI=1S/C39H27N5.Pt/c1-25-16-18-34-30(20-25)32-23-33-31-21-26(2)17-19-35(31)44(39(33)40-38(32)43(34)27-10-5-4-6-11-27)29-13-9-12-28(22-29)42-24-41(3)36-14-7-8-15-37(36)42;/h4-10,12-21,23H,1-3H3;/q-2;. The van der Waals surface area contributed by atoms with Crippen molar-refractivity contribution >= 4 is 54.9 Å². The number of pyridine rings is 1. The Morgan fingerprint density at radius 1 is 0.600 bits per heavy atom. The molecule has 5 nitrogen and oxygen atoms in total. The molecule has 0 N–H and O–H groups in total. The van der Waals surface area contributed by atoms with Crippen LogP contribution >= 0.6 is 0 Å². The number of rotatable bonds is 3. The van der Waals surface area contributed by atoms with E-state index in [0.29, 0.717) is 0 Å². The molecule has 0 spiro atoms. The van der Waals surface area contributed by atoms with Gasteiger partial charge in [0.05, 0.1) is 29.1 Å². The summed E-state index contributed by atoms with van der Waals surface area (Å²) >= 11 is 0. The predicted molar refractivity (Wildman–Crippen MR) is 177 cm³/mol. The van der Waals surface area contributed by atoms with E-state index in [1.54, 1.807) is 0 Å². The summed E-state index contributed by atoms with van der Waals surface area (Å²) in [5.74, 6) is 0. The maximum atomic E-state index is 5.49. The average Bonchev–Trinajstić information content (AvgIpc) is 3.67. The molecule has 0 radical (unpaired) electrons. The molecule has 4 aromatic heterocycles. The Morgan fingerprint density at radius 2 is 1.22 bits per heavy atom. The summed E-state index contributed by atoms with van der Waals surface area (Å²) in [6.07, 6.45) is 3.46. The Bertz CT molecular complexity index is 2590. The van der Waals surface area contributed by atoms with E-state index in [2.05, 4.69) is 143 Å². The van der Waals surface area contributed by atoms with Gasteiger partial charge in [-0.25, -0.2) is 4.98 Å². The molecular formula is C39H27N5Pt-2. The first kappa shape index (κ1) is 27.5. The van der Waals surface area contributed by atoms with E-state index < -0.39 is 0 Å². The van der Waals surface area contributed by atoms with Crippen LogP contribution in [-0.4, -0.2) is 18.7 Å². The molecule has 0 bridgehead atoms. The molecule has 0 aliphatic heterocycles. The zero-order valence-corrected chi connectivity index (χ0v) is 27.2. The van der Waals surface area contributed by atoms with Crippen molar-refractivity contribution in [3.8, 4) is 17.1 Å². The number of benzene rings is 5. The van der Waals surface area contributed by atoms with Gasteiger partial charge < -0.3 is 18.3 Å². The molecule has 0 unspecified atom stereocenters. The van der Waals surface area contributed by atoms with Crippen LogP contribution in [0, 0.1) is 32.3 Å². The first-order chi connectivity index (χ1) is 21.5. The molecule has 220 valence electrons. The Hall–Kier alpha value is -4.99. The van der Waals surface area contributed by atoms with Crippen LogP contribution in [0.4, 0.5) is 0 Å². The molecule has 9 aromatic rings. The van der Waals surface area contributed by atoms with Crippen LogP contribution in [0.1, 0.15) is 11.1 Å². The molecule has 9 rings (SSSR count). The third-order valence-electron chi connectivity index (χ3n) is 8.69. The van der Waals surface area contributed by atoms with E-state index in [1.165, 1.54) is 21.9 Å². The molecule has 0 aliphatic rings. The van der Waals surface area contributed by atoms with Crippen LogP contribution < -0.4 is 4.57 Å². The zero-order chi connectivity index (χ0) is 29.5. The van der Waals surface area contributed by atoms with Gasteiger partial charge in [0.25, 0.3) is 0 Å². The van der Waals surface area contributed by atoms with Gasteiger partial charge in [-0.05, 0) is 44.2 Å². The molecule has 45 heavy (non-hydrogen) atoms. The molecule has 0 atom stereocenters. The largest absolute Gasteiger partial charge is 0.342 e. The average molecular weight is 761 g/mol. The molecule has 0 fully saturated rings. The van der Waals surface area contributed by atoms with Crippen LogP contribution in [0.3, 0.4) is 0 Å². The van der Waals surface area contributed by atoms with Crippen LogP contribution in [0.15, 0.2) is 109 Å². The van der Waals surface area contributed by atoms with Gasteiger partial charge in [0.1, 0.15) is 11.3 Å². The Labute approximate surface area is 274 Å². The molecule has 0 saturated carbocycles. The van der Waals surface area contributed by atoms with E-state index in [9.17, 15) is 0 Å². The van der Waals surface area contributed by atoms with Gasteiger partial charge in [-0.2, -0.15) is 42.5 Å². The third kappa shape index (κ3) is 4.11. The van der Waals surface area contributed by atoms with Gasteiger partial charge in [-0.3, -0.25) is 0 Å². The van der Waals surface area contributed by atoms with E-state index in [4.69, 9.17) is 4.98 Å². The molecule has 0 aliphatic carbocycles.